The van der Waals surface area contributed by atoms with Crippen molar-refractivity contribution in [1.29, 1.82) is 0 Å². The Kier molecular flexibility index (Phi) is 7.54. The highest BCUT2D eigenvalue weighted by Gasteiger charge is 2.28. The molecule has 0 spiro atoms. The van der Waals surface area contributed by atoms with Crippen molar-refractivity contribution in [3.8, 4) is 28.4 Å². The normalized spacial score (nSPS) is 13.2. The molecule has 1 aromatic heterocycles. The van der Waals surface area contributed by atoms with E-state index in [1.807, 2.05) is 96.8 Å². The molecule has 8 nitrogen and oxygen atoms in total. The maximum Gasteiger partial charge on any atom is 0.321 e. The Balaban J connectivity index is 1.40. The molecule has 0 bridgehead atoms. The fourth-order valence-electron chi connectivity index (χ4n) is 4.95. The standard InChI is InChI=1S/C31H32N4O4/c1-22-26(30(36)33-16-18-34(19-17-33)31(37)32-24-12-8-5-9-13-24)21-27(23-10-6-4-7-11-23)35(22)25-14-15-28(38-2)29(20-25)39-3/h4-15,20-21H,16-19H2,1-3H3,(H,32,37). The molecule has 8 heteroatoms. The molecular weight excluding hydrogens is 492 g/mol. The van der Waals surface area contributed by atoms with Crippen molar-refractivity contribution < 1.29 is 19.1 Å². The van der Waals surface area contributed by atoms with Gasteiger partial charge in [-0.2, -0.15) is 0 Å². The molecule has 5 rings (SSSR count). The number of urea groups is 1. The summed E-state index contributed by atoms with van der Waals surface area (Å²) in [7, 11) is 3.21. The maximum atomic E-state index is 13.8. The van der Waals surface area contributed by atoms with Crippen LogP contribution in [0.4, 0.5) is 10.5 Å². The summed E-state index contributed by atoms with van der Waals surface area (Å²) in [5, 5.41) is 2.92. The van der Waals surface area contributed by atoms with Crippen LogP contribution < -0.4 is 14.8 Å². The van der Waals surface area contributed by atoms with E-state index in [-0.39, 0.29) is 11.9 Å². The van der Waals surface area contributed by atoms with Gasteiger partial charge in [-0.05, 0) is 42.8 Å². The second-order valence-electron chi connectivity index (χ2n) is 9.34. The zero-order valence-electron chi connectivity index (χ0n) is 22.4. The third-order valence-electron chi connectivity index (χ3n) is 7.05. The van der Waals surface area contributed by atoms with E-state index in [4.69, 9.17) is 9.47 Å². The topological polar surface area (TPSA) is 76.0 Å². The van der Waals surface area contributed by atoms with E-state index in [2.05, 4.69) is 9.88 Å². The van der Waals surface area contributed by atoms with Crippen LogP contribution in [0, 0.1) is 6.92 Å². The van der Waals surface area contributed by atoms with Crippen molar-refractivity contribution >= 4 is 17.6 Å². The minimum absolute atomic E-state index is 0.0491. The van der Waals surface area contributed by atoms with E-state index in [0.29, 0.717) is 43.2 Å². The molecule has 0 saturated carbocycles. The lowest BCUT2D eigenvalue weighted by molar-refractivity contribution is 0.0671. The number of nitrogens with one attached hydrogen (secondary N) is 1. The van der Waals surface area contributed by atoms with E-state index >= 15 is 0 Å². The molecule has 1 aliphatic rings. The smallest absolute Gasteiger partial charge is 0.321 e. The number of methoxy groups -OCH3 is 2. The summed E-state index contributed by atoms with van der Waals surface area (Å²) in [6.07, 6.45) is 0. The highest BCUT2D eigenvalue weighted by Crippen LogP contribution is 2.35. The number of aromatic nitrogens is 1. The fraction of sp³-hybridized carbons (Fsp3) is 0.226. The van der Waals surface area contributed by atoms with Gasteiger partial charge in [0.25, 0.3) is 5.91 Å². The zero-order chi connectivity index (χ0) is 27.4. The lowest BCUT2D eigenvalue weighted by Crippen LogP contribution is -2.51. The van der Waals surface area contributed by atoms with E-state index < -0.39 is 0 Å². The van der Waals surface area contributed by atoms with Gasteiger partial charge >= 0.3 is 6.03 Å². The van der Waals surface area contributed by atoms with Crippen molar-refractivity contribution in [2.24, 2.45) is 0 Å². The number of carbonyl (C=O) groups is 2. The molecule has 0 aliphatic carbocycles. The molecule has 1 aliphatic heterocycles. The van der Waals surface area contributed by atoms with Gasteiger partial charge in [0, 0.05) is 49.3 Å². The van der Waals surface area contributed by atoms with Gasteiger partial charge in [-0.3, -0.25) is 4.79 Å². The molecule has 0 radical (unpaired) electrons. The number of nitrogens with zero attached hydrogens (tertiary/aromatic N) is 3. The molecule has 1 fully saturated rings. The molecule has 3 aromatic carbocycles. The number of hydrogen-bond acceptors (Lipinski definition) is 4. The Morgan fingerprint density at radius 3 is 2.00 bits per heavy atom. The molecule has 2 heterocycles. The summed E-state index contributed by atoms with van der Waals surface area (Å²) in [6, 6.07) is 26.9. The monoisotopic (exact) mass is 524 g/mol. The molecule has 1 saturated heterocycles. The molecule has 3 amide bonds. The Labute approximate surface area is 228 Å². The molecule has 0 atom stereocenters. The van der Waals surface area contributed by atoms with Crippen molar-refractivity contribution in [2.45, 2.75) is 6.92 Å². The van der Waals surface area contributed by atoms with E-state index in [1.54, 1.807) is 19.1 Å². The number of piperazine rings is 1. The number of hydrogen-bond donors (Lipinski definition) is 1. The van der Waals surface area contributed by atoms with Gasteiger partial charge in [-0.15, -0.1) is 0 Å². The number of ether oxygens (including phenoxy) is 2. The first kappa shape index (κ1) is 25.9. The van der Waals surface area contributed by atoms with Crippen LogP contribution in [-0.2, 0) is 0 Å². The van der Waals surface area contributed by atoms with Gasteiger partial charge in [0.05, 0.1) is 25.5 Å². The number of amides is 3. The SMILES string of the molecule is COc1ccc(-n2c(-c3ccccc3)cc(C(=O)N3CCN(C(=O)Nc4ccccc4)CC3)c2C)cc1OC. The van der Waals surface area contributed by atoms with E-state index in [1.165, 1.54) is 0 Å². The van der Waals surface area contributed by atoms with Crippen LogP contribution in [0.1, 0.15) is 16.1 Å². The van der Waals surface area contributed by atoms with Gasteiger partial charge in [-0.25, -0.2) is 4.79 Å². The van der Waals surface area contributed by atoms with Crippen molar-refractivity contribution in [1.82, 2.24) is 14.4 Å². The average Bonchev–Trinajstić information content (AvgIpc) is 3.34. The quantitative estimate of drug-likeness (QED) is 0.364. The van der Waals surface area contributed by atoms with Crippen molar-refractivity contribution in [3.63, 3.8) is 0 Å². The van der Waals surface area contributed by atoms with Crippen LogP contribution in [0.3, 0.4) is 0 Å². The first-order valence-electron chi connectivity index (χ1n) is 12.9. The largest absolute Gasteiger partial charge is 0.493 e. The van der Waals surface area contributed by atoms with Crippen LogP contribution in [0.2, 0.25) is 0 Å². The zero-order valence-corrected chi connectivity index (χ0v) is 22.4. The third-order valence-corrected chi connectivity index (χ3v) is 7.05. The molecular formula is C31H32N4O4. The Hall–Kier alpha value is -4.72. The number of rotatable bonds is 6. The van der Waals surface area contributed by atoms with Gasteiger partial charge < -0.3 is 29.2 Å². The van der Waals surface area contributed by atoms with Crippen LogP contribution in [0.25, 0.3) is 16.9 Å². The lowest BCUT2D eigenvalue weighted by Gasteiger charge is -2.34. The van der Waals surface area contributed by atoms with Crippen molar-refractivity contribution in [3.05, 3.63) is 96.2 Å². The van der Waals surface area contributed by atoms with Crippen LogP contribution in [-0.4, -0.2) is 66.7 Å². The van der Waals surface area contributed by atoms with Crippen LogP contribution >= 0.6 is 0 Å². The molecule has 0 unspecified atom stereocenters. The number of benzene rings is 3. The molecule has 4 aromatic rings. The highest BCUT2D eigenvalue weighted by atomic mass is 16.5. The number of para-hydroxylation sites is 1. The number of anilines is 1. The third kappa shape index (κ3) is 5.31. The summed E-state index contributed by atoms with van der Waals surface area (Å²) >= 11 is 0. The average molecular weight is 525 g/mol. The van der Waals surface area contributed by atoms with E-state index in [0.717, 1.165) is 28.3 Å². The van der Waals surface area contributed by atoms with E-state index in [9.17, 15) is 9.59 Å². The second-order valence-corrected chi connectivity index (χ2v) is 9.34. The van der Waals surface area contributed by atoms with Gasteiger partial charge in [-0.1, -0.05) is 48.5 Å². The van der Waals surface area contributed by atoms with Crippen LogP contribution in [0.15, 0.2) is 84.9 Å². The molecule has 1 N–H and O–H groups in total. The Bertz CT molecular complexity index is 1460. The summed E-state index contributed by atoms with van der Waals surface area (Å²) in [4.78, 5) is 30.1. The lowest BCUT2D eigenvalue weighted by atomic mass is 10.1. The minimum Gasteiger partial charge on any atom is -0.493 e. The fourth-order valence-corrected chi connectivity index (χ4v) is 4.95. The first-order valence-corrected chi connectivity index (χ1v) is 12.9. The first-order chi connectivity index (χ1) is 19.0. The van der Waals surface area contributed by atoms with Crippen LogP contribution in [0.5, 0.6) is 11.5 Å². The predicted octanol–water partition coefficient (Wildman–Crippen LogP) is 5.46. The molecule has 39 heavy (non-hydrogen) atoms. The van der Waals surface area contributed by atoms with Crippen molar-refractivity contribution in [2.75, 3.05) is 45.7 Å². The molecule has 200 valence electrons. The summed E-state index contributed by atoms with van der Waals surface area (Å²) in [5.74, 6) is 1.20. The summed E-state index contributed by atoms with van der Waals surface area (Å²) in [6.45, 7) is 3.81. The van der Waals surface area contributed by atoms with Gasteiger partial charge in [0.15, 0.2) is 11.5 Å². The summed E-state index contributed by atoms with van der Waals surface area (Å²) < 4.78 is 13.1. The van der Waals surface area contributed by atoms with Gasteiger partial charge in [0.1, 0.15) is 0 Å². The van der Waals surface area contributed by atoms with Gasteiger partial charge in [0.2, 0.25) is 0 Å². The summed E-state index contributed by atoms with van der Waals surface area (Å²) in [5.41, 5.74) is 4.98. The second kappa shape index (κ2) is 11.3. The maximum absolute atomic E-state index is 13.8. The Morgan fingerprint density at radius 2 is 1.36 bits per heavy atom. The Morgan fingerprint density at radius 1 is 0.744 bits per heavy atom. The minimum atomic E-state index is -0.157. The highest BCUT2D eigenvalue weighted by molar-refractivity contribution is 5.97. The predicted molar refractivity (Wildman–Crippen MR) is 152 cm³/mol. The number of carbonyl (C=O) groups excluding carboxylic acids is 2.